The van der Waals surface area contributed by atoms with Gasteiger partial charge in [-0.3, -0.25) is 0 Å². The summed E-state index contributed by atoms with van der Waals surface area (Å²) in [6.07, 6.45) is 0. The first-order valence-electron chi connectivity index (χ1n) is 6.44. The molecule has 0 saturated heterocycles. The van der Waals surface area contributed by atoms with Gasteiger partial charge in [0.05, 0.1) is 0 Å². The Balaban J connectivity index is 2.16. The molecule has 0 radical (unpaired) electrons. The lowest BCUT2D eigenvalue weighted by molar-refractivity contribution is 1.18. The van der Waals surface area contributed by atoms with Crippen LogP contribution in [0.15, 0.2) is 54.6 Å². The van der Waals surface area contributed by atoms with E-state index in [0.29, 0.717) is 0 Å². The maximum absolute atomic E-state index is 4.69. The van der Waals surface area contributed by atoms with Crippen LogP contribution in [0.4, 0.5) is 11.5 Å². The highest BCUT2D eigenvalue weighted by Crippen LogP contribution is 2.28. The first-order valence-corrected chi connectivity index (χ1v) is 6.44. The second kappa shape index (κ2) is 4.73. The second-order valence-electron chi connectivity index (χ2n) is 4.71. The lowest BCUT2D eigenvalue weighted by Gasteiger charge is -2.12. The molecule has 0 fully saturated rings. The minimum absolute atomic E-state index is 0.921. The zero-order chi connectivity index (χ0) is 13.2. The van der Waals surface area contributed by atoms with E-state index in [-0.39, 0.29) is 0 Å². The van der Waals surface area contributed by atoms with E-state index in [1.54, 1.807) is 0 Å². The highest BCUT2D eigenvalue weighted by molar-refractivity contribution is 5.95. The smallest absolute Gasteiger partial charge is 0.138 e. The summed E-state index contributed by atoms with van der Waals surface area (Å²) in [7, 11) is 0. The van der Waals surface area contributed by atoms with Gasteiger partial charge in [-0.1, -0.05) is 42.5 Å². The van der Waals surface area contributed by atoms with Gasteiger partial charge in [-0.05, 0) is 36.9 Å². The van der Waals surface area contributed by atoms with Crippen molar-refractivity contribution in [2.45, 2.75) is 13.8 Å². The van der Waals surface area contributed by atoms with Crippen LogP contribution in [0.5, 0.6) is 0 Å². The summed E-state index contributed by atoms with van der Waals surface area (Å²) >= 11 is 0. The fourth-order valence-corrected chi connectivity index (χ4v) is 2.28. The Morgan fingerprint density at radius 3 is 2.16 bits per heavy atom. The molecule has 2 aromatic carbocycles. The topological polar surface area (TPSA) is 24.9 Å². The first kappa shape index (κ1) is 11.7. The Labute approximate surface area is 113 Å². The minimum atomic E-state index is 0.921. The molecule has 0 bridgehead atoms. The summed E-state index contributed by atoms with van der Waals surface area (Å²) in [5.41, 5.74) is 3.37. The molecular formula is C17H16N2. The van der Waals surface area contributed by atoms with Gasteiger partial charge < -0.3 is 5.32 Å². The van der Waals surface area contributed by atoms with Crippen molar-refractivity contribution in [1.29, 1.82) is 0 Å². The highest BCUT2D eigenvalue weighted by atomic mass is 15.0. The van der Waals surface area contributed by atoms with Crippen molar-refractivity contribution in [2.24, 2.45) is 0 Å². The molecule has 3 aromatic rings. The summed E-state index contributed by atoms with van der Waals surface area (Å²) < 4.78 is 0. The standard InChI is InChI=1S/C17H16N2/c1-12-13(2)18-17(16-11-7-6-10-15(12)16)19-14-8-4-3-5-9-14/h3-11H,1-2H3,(H,18,19). The van der Waals surface area contributed by atoms with Gasteiger partial charge in [0.2, 0.25) is 0 Å². The summed E-state index contributed by atoms with van der Waals surface area (Å²) in [4.78, 5) is 4.69. The molecule has 0 aliphatic carbocycles. The molecule has 1 aromatic heterocycles. The molecule has 19 heavy (non-hydrogen) atoms. The van der Waals surface area contributed by atoms with Crippen LogP contribution in [0.3, 0.4) is 0 Å². The zero-order valence-corrected chi connectivity index (χ0v) is 11.1. The Morgan fingerprint density at radius 2 is 1.42 bits per heavy atom. The third kappa shape index (κ3) is 2.17. The number of hydrogen-bond acceptors (Lipinski definition) is 2. The molecule has 1 heterocycles. The first-order chi connectivity index (χ1) is 9.25. The Kier molecular flexibility index (Phi) is 2.92. The molecular weight excluding hydrogens is 232 g/mol. The van der Waals surface area contributed by atoms with E-state index >= 15 is 0 Å². The van der Waals surface area contributed by atoms with Crippen LogP contribution in [-0.4, -0.2) is 4.98 Å². The molecule has 0 spiro atoms. The predicted molar refractivity (Wildman–Crippen MR) is 80.9 cm³/mol. The number of fused-ring (bicyclic) bond motifs is 1. The number of pyridine rings is 1. The fraction of sp³-hybridized carbons (Fsp3) is 0.118. The van der Waals surface area contributed by atoms with Crippen molar-refractivity contribution in [3.63, 3.8) is 0 Å². The lowest BCUT2D eigenvalue weighted by atomic mass is 10.1. The predicted octanol–water partition coefficient (Wildman–Crippen LogP) is 4.60. The van der Waals surface area contributed by atoms with Crippen LogP contribution in [0.2, 0.25) is 0 Å². The molecule has 94 valence electrons. The molecule has 0 saturated carbocycles. The van der Waals surface area contributed by atoms with Crippen molar-refractivity contribution in [1.82, 2.24) is 4.98 Å². The van der Waals surface area contributed by atoms with Gasteiger partial charge in [0.15, 0.2) is 0 Å². The maximum atomic E-state index is 4.69. The number of anilines is 2. The number of para-hydroxylation sites is 1. The highest BCUT2D eigenvalue weighted by Gasteiger charge is 2.07. The monoisotopic (exact) mass is 248 g/mol. The molecule has 3 rings (SSSR count). The van der Waals surface area contributed by atoms with Crippen molar-refractivity contribution >= 4 is 22.3 Å². The molecule has 2 heteroatoms. The molecule has 0 atom stereocenters. The van der Waals surface area contributed by atoms with Crippen LogP contribution in [-0.2, 0) is 0 Å². The van der Waals surface area contributed by atoms with E-state index in [0.717, 1.165) is 22.6 Å². The number of hydrogen-bond donors (Lipinski definition) is 1. The van der Waals surface area contributed by atoms with E-state index in [2.05, 4.69) is 48.4 Å². The average molecular weight is 248 g/mol. The number of benzene rings is 2. The fourth-order valence-electron chi connectivity index (χ4n) is 2.28. The van der Waals surface area contributed by atoms with E-state index in [4.69, 9.17) is 0 Å². The third-order valence-electron chi connectivity index (χ3n) is 3.44. The van der Waals surface area contributed by atoms with Crippen molar-refractivity contribution < 1.29 is 0 Å². The van der Waals surface area contributed by atoms with Crippen molar-refractivity contribution in [3.8, 4) is 0 Å². The van der Waals surface area contributed by atoms with Gasteiger partial charge in [0, 0.05) is 16.8 Å². The number of aryl methyl sites for hydroxylation is 2. The Hall–Kier alpha value is -2.35. The van der Waals surface area contributed by atoms with Gasteiger partial charge in [-0.25, -0.2) is 4.98 Å². The number of nitrogens with zero attached hydrogens (tertiary/aromatic N) is 1. The zero-order valence-electron chi connectivity index (χ0n) is 11.1. The average Bonchev–Trinajstić information content (AvgIpc) is 2.46. The molecule has 0 unspecified atom stereocenters. The van der Waals surface area contributed by atoms with E-state index < -0.39 is 0 Å². The third-order valence-corrected chi connectivity index (χ3v) is 3.44. The van der Waals surface area contributed by atoms with Crippen molar-refractivity contribution in [3.05, 3.63) is 65.9 Å². The summed E-state index contributed by atoms with van der Waals surface area (Å²) in [5.74, 6) is 0.921. The van der Waals surface area contributed by atoms with E-state index in [1.165, 1.54) is 10.9 Å². The summed E-state index contributed by atoms with van der Waals surface area (Å²) in [5, 5.41) is 5.82. The molecule has 2 nitrogen and oxygen atoms in total. The van der Waals surface area contributed by atoms with Crippen LogP contribution in [0.1, 0.15) is 11.3 Å². The molecule has 0 amide bonds. The van der Waals surface area contributed by atoms with Crippen LogP contribution in [0, 0.1) is 13.8 Å². The van der Waals surface area contributed by atoms with Crippen molar-refractivity contribution in [2.75, 3.05) is 5.32 Å². The summed E-state index contributed by atoms with van der Waals surface area (Å²) in [6, 6.07) is 18.5. The lowest BCUT2D eigenvalue weighted by Crippen LogP contribution is -1.98. The van der Waals surface area contributed by atoms with Crippen LogP contribution in [0.25, 0.3) is 10.8 Å². The molecule has 1 N–H and O–H groups in total. The SMILES string of the molecule is Cc1nc(Nc2ccccc2)c2ccccc2c1C. The number of nitrogens with one attached hydrogen (secondary N) is 1. The minimum Gasteiger partial charge on any atom is -0.340 e. The van der Waals surface area contributed by atoms with Gasteiger partial charge in [0.25, 0.3) is 0 Å². The molecule has 0 aliphatic rings. The molecule has 0 aliphatic heterocycles. The van der Waals surface area contributed by atoms with E-state index in [9.17, 15) is 0 Å². The largest absolute Gasteiger partial charge is 0.340 e. The Bertz CT molecular complexity index is 718. The van der Waals surface area contributed by atoms with Gasteiger partial charge >= 0.3 is 0 Å². The quantitative estimate of drug-likeness (QED) is 0.717. The van der Waals surface area contributed by atoms with Crippen LogP contribution >= 0.6 is 0 Å². The number of aromatic nitrogens is 1. The second-order valence-corrected chi connectivity index (χ2v) is 4.71. The van der Waals surface area contributed by atoms with Gasteiger partial charge in [-0.15, -0.1) is 0 Å². The summed E-state index contributed by atoms with van der Waals surface area (Å²) in [6.45, 7) is 4.18. The van der Waals surface area contributed by atoms with Gasteiger partial charge in [0.1, 0.15) is 5.82 Å². The van der Waals surface area contributed by atoms with Gasteiger partial charge in [-0.2, -0.15) is 0 Å². The Morgan fingerprint density at radius 1 is 0.789 bits per heavy atom. The number of rotatable bonds is 2. The van der Waals surface area contributed by atoms with Crippen LogP contribution < -0.4 is 5.32 Å². The maximum Gasteiger partial charge on any atom is 0.138 e. The normalized spacial score (nSPS) is 10.6. The van der Waals surface area contributed by atoms with E-state index in [1.807, 2.05) is 30.3 Å².